The largest absolute Gasteiger partial charge is 0.353 e. The molecule has 2 aliphatic rings. The fourth-order valence-corrected chi connectivity index (χ4v) is 5.46. The summed E-state index contributed by atoms with van der Waals surface area (Å²) < 4.78 is 23.5. The summed E-state index contributed by atoms with van der Waals surface area (Å²) >= 11 is 0. The number of carbonyl (C=O) groups is 2. The zero-order chi connectivity index (χ0) is 19.6. The number of sulfone groups is 1. The molecule has 0 aliphatic carbocycles. The maximum atomic E-state index is 13.0. The zero-order valence-electron chi connectivity index (χ0n) is 15.8. The molecule has 0 aromatic carbocycles. The van der Waals surface area contributed by atoms with Gasteiger partial charge in [-0.2, -0.15) is 0 Å². The fourth-order valence-electron chi connectivity index (χ4n) is 3.73. The van der Waals surface area contributed by atoms with Gasteiger partial charge in [0.15, 0.2) is 9.84 Å². The van der Waals surface area contributed by atoms with Crippen molar-refractivity contribution < 1.29 is 18.0 Å². The molecule has 0 saturated carbocycles. The van der Waals surface area contributed by atoms with E-state index in [0.29, 0.717) is 50.5 Å². The molecule has 0 spiro atoms. The average molecular weight is 394 g/mol. The third-order valence-electron chi connectivity index (χ3n) is 5.29. The number of anilines is 1. The summed E-state index contributed by atoms with van der Waals surface area (Å²) in [5.74, 6) is 0.794. The number of hydrogen-bond acceptors (Lipinski definition) is 6. The smallest absolute Gasteiger partial charge is 0.254 e. The number of aromatic nitrogens is 1. The minimum atomic E-state index is -3.05. The van der Waals surface area contributed by atoms with Crippen LogP contribution < -0.4 is 4.90 Å². The van der Waals surface area contributed by atoms with Gasteiger partial charge in [-0.05, 0) is 25.5 Å². The second kappa shape index (κ2) is 7.84. The van der Waals surface area contributed by atoms with E-state index in [0.717, 1.165) is 0 Å². The first kappa shape index (κ1) is 19.6. The van der Waals surface area contributed by atoms with Crippen LogP contribution in [-0.2, 0) is 14.6 Å². The average Bonchev–Trinajstić information content (AvgIpc) is 3.02. The highest BCUT2D eigenvalue weighted by Crippen LogP contribution is 2.21. The Morgan fingerprint density at radius 1 is 1.26 bits per heavy atom. The zero-order valence-corrected chi connectivity index (χ0v) is 16.6. The molecule has 27 heavy (non-hydrogen) atoms. The maximum Gasteiger partial charge on any atom is 0.254 e. The monoisotopic (exact) mass is 394 g/mol. The predicted octanol–water partition coefficient (Wildman–Crippen LogP) is 0.399. The molecule has 1 aromatic rings. The van der Waals surface area contributed by atoms with Gasteiger partial charge in [-0.15, -0.1) is 0 Å². The van der Waals surface area contributed by atoms with Crippen LogP contribution in [0.5, 0.6) is 0 Å². The summed E-state index contributed by atoms with van der Waals surface area (Å²) in [6.07, 6.45) is 2.10. The van der Waals surface area contributed by atoms with Crippen molar-refractivity contribution >= 4 is 27.5 Å². The van der Waals surface area contributed by atoms with Crippen molar-refractivity contribution in [1.29, 1.82) is 0 Å². The molecule has 0 radical (unpaired) electrons. The van der Waals surface area contributed by atoms with Gasteiger partial charge in [0.05, 0.1) is 11.5 Å². The number of hydrogen-bond donors (Lipinski definition) is 0. The van der Waals surface area contributed by atoms with Crippen LogP contribution in [0.4, 0.5) is 5.82 Å². The van der Waals surface area contributed by atoms with Gasteiger partial charge in [0.25, 0.3) is 5.91 Å². The number of pyridine rings is 1. The Kier molecular flexibility index (Phi) is 5.69. The van der Waals surface area contributed by atoms with Crippen molar-refractivity contribution in [3.05, 3.63) is 23.9 Å². The molecule has 8 nitrogen and oxygen atoms in total. The first-order valence-electron chi connectivity index (χ1n) is 9.28. The number of carbonyl (C=O) groups excluding carboxylic acids is 2. The van der Waals surface area contributed by atoms with Crippen molar-refractivity contribution in [3.63, 3.8) is 0 Å². The van der Waals surface area contributed by atoms with Gasteiger partial charge in [-0.25, -0.2) is 13.4 Å². The normalized spacial score (nSPS) is 21.9. The molecule has 1 unspecified atom stereocenters. The predicted molar refractivity (Wildman–Crippen MR) is 102 cm³/mol. The van der Waals surface area contributed by atoms with E-state index < -0.39 is 9.84 Å². The third kappa shape index (κ3) is 4.40. The maximum absolute atomic E-state index is 13.0. The van der Waals surface area contributed by atoms with Gasteiger partial charge in [0.1, 0.15) is 5.82 Å². The first-order valence-corrected chi connectivity index (χ1v) is 11.1. The van der Waals surface area contributed by atoms with Gasteiger partial charge in [-0.1, -0.05) is 0 Å². The van der Waals surface area contributed by atoms with E-state index in [9.17, 15) is 18.0 Å². The van der Waals surface area contributed by atoms with E-state index in [2.05, 4.69) is 9.88 Å². The van der Waals surface area contributed by atoms with E-state index in [1.807, 2.05) is 6.92 Å². The lowest BCUT2D eigenvalue weighted by molar-refractivity contribution is -0.129. The Balaban J connectivity index is 1.73. The van der Waals surface area contributed by atoms with E-state index >= 15 is 0 Å². The van der Waals surface area contributed by atoms with Crippen LogP contribution in [0, 0.1) is 0 Å². The molecule has 1 atom stereocenters. The molecule has 2 fully saturated rings. The minimum Gasteiger partial charge on any atom is -0.353 e. The van der Waals surface area contributed by atoms with E-state index in [4.69, 9.17) is 0 Å². The molecule has 148 valence electrons. The number of rotatable bonds is 4. The molecule has 2 saturated heterocycles. The van der Waals surface area contributed by atoms with Gasteiger partial charge in [0.2, 0.25) is 5.91 Å². The van der Waals surface area contributed by atoms with E-state index in [1.165, 1.54) is 0 Å². The highest BCUT2D eigenvalue weighted by Gasteiger charge is 2.34. The molecule has 1 aromatic heterocycles. The molecular formula is C18H26N4O4S. The van der Waals surface area contributed by atoms with Crippen molar-refractivity contribution in [2.24, 2.45) is 0 Å². The molecule has 2 aliphatic heterocycles. The van der Waals surface area contributed by atoms with Crippen molar-refractivity contribution in [1.82, 2.24) is 14.8 Å². The van der Waals surface area contributed by atoms with Crippen molar-refractivity contribution in [2.75, 3.05) is 49.1 Å². The Morgan fingerprint density at radius 3 is 2.52 bits per heavy atom. The Bertz CT molecular complexity index is 818. The number of nitrogens with zero attached hydrogens (tertiary/aromatic N) is 4. The summed E-state index contributed by atoms with van der Waals surface area (Å²) in [7, 11) is -3.05. The number of amides is 2. The van der Waals surface area contributed by atoms with Gasteiger partial charge < -0.3 is 14.7 Å². The lowest BCUT2D eigenvalue weighted by Crippen LogP contribution is -2.48. The van der Waals surface area contributed by atoms with Gasteiger partial charge in [0, 0.05) is 57.4 Å². The van der Waals surface area contributed by atoms with Crippen LogP contribution in [0.1, 0.15) is 30.6 Å². The lowest BCUT2D eigenvalue weighted by atomic mass is 10.1. The SMILES string of the molecule is CCN(C(=O)c1ccnc(N2CCN(C(C)=O)CC2)c1)C1CCS(=O)(=O)C1. The Labute approximate surface area is 160 Å². The molecule has 3 rings (SSSR count). The number of piperazine rings is 1. The minimum absolute atomic E-state index is 0.0392. The van der Waals surface area contributed by atoms with Crippen molar-refractivity contribution in [3.8, 4) is 0 Å². The van der Waals surface area contributed by atoms with Crippen LogP contribution in [0.15, 0.2) is 18.3 Å². The third-order valence-corrected chi connectivity index (χ3v) is 7.04. The first-order chi connectivity index (χ1) is 12.8. The standard InChI is InChI=1S/C18H26N4O4S/c1-3-22(16-5-11-27(25,26)13-16)18(24)15-4-6-19-17(12-15)21-9-7-20(8-10-21)14(2)23/h4,6,12,16H,3,5,7-11,13H2,1-2H3. The van der Waals surface area contributed by atoms with Crippen LogP contribution in [-0.4, -0.2) is 85.3 Å². The summed E-state index contributed by atoms with van der Waals surface area (Å²) in [4.78, 5) is 34.3. The Morgan fingerprint density at radius 2 is 1.96 bits per heavy atom. The van der Waals surface area contributed by atoms with E-state index in [-0.39, 0.29) is 29.4 Å². The summed E-state index contributed by atoms with van der Waals surface area (Å²) in [6.45, 7) is 6.51. The van der Waals surface area contributed by atoms with Gasteiger partial charge >= 0.3 is 0 Å². The molecular weight excluding hydrogens is 368 g/mol. The molecule has 0 bridgehead atoms. The fraction of sp³-hybridized carbons (Fsp3) is 0.611. The summed E-state index contributed by atoms with van der Waals surface area (Å²) in [6, 6.07) is 3.17. The highest BCUT2D eigenvalue weighted by molar-refractivity contribution is 7.91. The highest BCUT2D eigenvalue weighted by atomic mass is 32.2. The molecule has 0 N–H and O–H groups in total. The summed E-state index contributed by atoms with van der Waals surface area (Å²) in [5, 5.41) is 0. The molecule has 3 heterocycles. The van der Waals surface area contributed by atoms with Crippen LogP contribution >= 0.6 is 0 Å². The summed E-state index contributed by atoms with van der Waals surface area (Å²) in [5.41, 5.74) is 0.514. The molecule has 2 amide bonds. The van der Waals surface area contributed by atoms with E-state index in [1.54, 1.807) is 35.1 Å². The van der Waals surface area contributed by atoms with Crippen LogP contribution in [0.3, 0.4) is 0 Å². The second-order valence-electron chi connectivity index (χ2n) is 7.04. The Hall–Kier alpha value is -2.16. The van der Waals surface area contributed by atoms with Gasteiger partial charge in [-0.3, -0.25) is 9.59 Å². The van der Waals surface area contributed by atoms with Crippen molar-refractivity contribution in [2.45, 2.75) is 26.3 Å². The lowest BCUT2D eigenvalue weighted by Gasteiger charge is -2.35. The van der Waals surface area contributed by atoms with Crippen LogP contribution in [0.2, 0.25) is 0 Å². The topological polar surface area (TPSA) is 90.9 Å². The quantitative estimate of drug-likeness (QED) is 0.734. The van der Waals surface area contributed by atoms with Crippen LogP contribution in [0.25, 0.3) is 0 Å². The second-order valence-corrected chi connectivity index (χ2v) is 9.27. The molecule has 9 heteroatoms.